The lowest BCUT2D eigenvalue weighted by Gasteiger charge is -2.05. The van der Waals surface area contributed by atoms with Gasteiger partial charge in [0.15, 0.2) is 0 Å². The molecule has 1 saturated heterocycles. The van der Waals surface area contributed by atoms with E-state index >= 15 is 0 Å². The molecule has 0 unspecified atom stereocenters. The number of hydrogen-bond donors (Lipinski definition) is 0. The fourth-order valence-electron chi connectivity index (χ4n) is 1.87. The Hall–Kier alpha value is -0.710. The normalized spacial score (nSPS) is 22.1. The second-order valence-electron chi connectivity index (χ2n) is 4.71. The first-order valence-electron chi connectivity index (χ1n) is 7.22. The standard InChI is InChI=1S/C14H24O4S/c15-13-14(16)18-10-6-2-4-8-12-19-11-7-3-1-5-9-17-13/h1-12H2. The largest absolute Gasteiger partial charge is 0.457 e. The number of carbonyl (C=O) groups is 2. The number of ether oxygens (including phenoxy) is 2. The fraction of sp³-hybridized carbons (Fsp3) is 0.857. The van der Waals surface area contributed by atoms with Crippen LogP contribution in [0.25, 0.3) is 0 Å². The highest BCUT2D eigenvalue weighted by atomic mass is 32.2. The van der Waals surface area contributed by atoms with Crippen LogP contribution in [0.5, 0.6) is 0 Å². The molecule has 0 aromatic heterocycles. The lowest BCUT2D eigenvalue weighted by atomic mass is 10.2. The highest BCUT2D eigenvalue weighted by Gasteiger charge is 2.16. The second kappa shape index (κ2) is 11.1. The first-order valence-corrected chi connectivity index (χ1v) is 8.38. The third-order valence-corrected chi connectivity index (χ3v) is 4.15. The molecule has 1 heterocycles. The van der Waals surface area contributed by atoms with Gasteiger partial charge in [-0.25, -0.2) is 9.59 Å². The lowest BCUT2D eigenvalue weighted by molar-refractivity contribution is -0.167. The molecule has 0 saturated carbocycles. The smallest absolute Gasteiger partial charge is 0.417 e. The van der Waals surface area contributed by atoms with Gasteiger partial charge < -0.3 is 9.47 Å². The molecule has 1 aliphatic rings. The van der Waals surface area contributed by atoms with Crippen LogP contribution in [0.3, 0.4) is 0 Å². The van der Waals surface area contributed by atoms with Gasteiger partial charge in [0.2, 0.25) is 0 Å². The van der Waals surface area contributed by atoms with E-state index in [2.05, 4.69) is 0 Å². The van der Waals surface area contributed by atoms with Gasteiger partial charge >= 0.3 is 11.9 Å². The summed E-state index contributed by atoms with van der Waals surface area (Å²) in [6.45, 7) is 0.641. The van der Waals surface area contributed by atoms with Gasteiger partial charge in [0, 0.05) is 0 Å². The van der Waals surface area contributed by atoms with Gasteiger partial charge in [-0.1, -0.05) is 25.7 Å². The quantitative estimate of drug-likeness (QED) is 0.507. The van der Waals surface area contributed by atoms with Crippen molar-refractivity contribution in [2.45, 2.75) is 51.4 Å². The van der Waals surface area contributed by atoms with Crippen LogP contribution in [0.1, 0.15) is 51.4 Å². The molecule has 0 spiro atoms. The molecule has 110 valence electrons. The van der Waals surface area contributed by atoms with Crippen LogP contribution < -0.4 is 0 Å². The fourth-order valence-corrected chi connectivity index (χ4v) is 2.89. The first kappa shape index (κ1) is 16.3. The Morgan fingerprint density at radius 3 is 1.53 bits per heavy atom. The molecule has 0 atom stereocenters. The van der Waals surface area contributed by atoms with Gasteiger partial charge in [0.25, 0.3) is 0 Å². The first-order chi connectivity index (χ1) is 9.30. The average molecular weight is 288 g/mol. The van der Waals surface area contributed by atoms with Gasteiger partial charge in [-0.15, -0.1) is 0 Å². The predicted octanol–water partition coefficient (Wildman–Crippen LogP) is 2.94. The molecule has 1 rings (SSSR count). The molecule has 19 heavy (non-hydrogen) atoms. The molecule has 0 amide bonds. The van der Waals surface area contributed by atoms with E-state index in [1.807, 2.05) is 11.8 Å². The van der Waals surface area contributed by atoms with Crippen molar-refractivity contribution in [3.63, 3.8) is 0 Å². The van der Waals surface area contributed by atoms with Crippen LogP contribution >= 0.6 is 11.8 Å². The number of thioether (sulfide) groups is 1. The summed E-state index contributed by atoms with van der Waals surface area (Å²) in [5, 5.41) is 0. The summed E-state index contributed by atoms with van der Waals surface area (Å²) in [5.74, 6) is 0.753. The predicted molar refractivity (Wildman–Crippen MR) is 76.2 cm³/mol. The topological polar surface area (TPSA) is 52.6 Å². The van der Waals surface area contributed by atoms with Crippen LogP contribution in [0, 0.1) is 0 Å². The minimum atomic E-state index is -0.847. The van der Waals surface area contributed by atoms with E-state index in [4.69, 9.17) is 9.47 Å². The number of rotatable bonds is 0. The Labute approximate surface area is 119 Å². The molecule has 0 radical (unpaired) electrons. The minimum Gasteiger partial charge on any atom is -0.457 e. The van der Waals surface area contributed by atoms with E-state index in [0.717, 1.165) is 38.5 Å². The zero-order chi connectivity index (χ0) is 13.8. The summed E-state index contributed by atoms with van der Waals surface area (Å²) < 4.78 is 9.72. The van der Waals surface area contributed by atoms with E-state index in [1.165, 1.54) is 24.3 Å². The minimum absolute atomic E-state index is 0.321. The molecule has 0 bridgehead atoms. The average Bonchev–Trinajstić information content (AvgIpc) is 2.41. The summed E-state index contributed by atoms with van der Waals surface area (Å²) in [5.41, 5.74) is 0. The summed E-state index contributed by atoms with van der Waals surface area (Å²) >= 11 is 2.02. The van der Waals surface area contributed by atoms with Crippen LogP contribution in [0.15, 0.2) is 0 Å². The Morgan fingerprint density at radius 2 is 1.05 bits per heavy atom. The third-order valence-electron chi connectivity index (χ3n) is 3.00. The van der Waals surface area contributed by atoms with E-state index < -0.39 is 11.9 Å². The van der Waals surface area contributed by atoms with E-state index in [1.54, 1.807) is 0 Å². The molecule has 0 aromatic rings. The van der Waals surface area contributed by atoms with Crippen LogP contribution in [0.2, 0.25) is 0 Å². The summed E-state index contributed by atoms with van der Waals surface area (Å²) in [6.07, 6.45) is 8.50. The van der Waals surface area contributed by atoms with Gasteiger partial charge in [0.05, 0.1) is 13.2 Å². The molecule has 5 heteroatoms. The summed E-state index contributed by atoms with van der Waals surface area (Å²) in [7, 11) is 0. The van der Waals surface area contributed by atoms with Crippen molar-refractivity contribution in [2.75, 3.05) is 24.7 Å². The molecule has 1 fully saturated rings. The van der Waals surface area contributed by atoms with Crippen molar-refractivity contribution in [1.82, 2.24) is 0 Å². The number of esters is 2. The van der Waals surface area contributed by atoms with Crippen molar-refractivity contribution < 1.29 is 19.1 Å². The molecule has 4 nitrogen and oxygen atoms in total. The van der Waals surface area contributed by atoms with Crippen molar-refractivity contribution in [1.29, 1.82) is 0 Å². The maximum atomic E-state index is 11.3. The van der Waals surface area contributed by atoms with Gasteiger partial charge in [-0.2, -0.15) is 11.8 Å². The van der Waals surface area contributed by atoms with E-state index in [9.17, 15) is 9.59 Å². The molecular weight excluding hydrogens is 264 g/mol. The number of hydrogen-bond acceptors (Lipinski definition) is 5. The molecule has 0 N–H and O–H groups in total. The monoisotopic (exact) mass is 288 g/mol. The Morgan fingerprint density at radius 1 is 0.632 bits per heavy atom. The highest BCUT2D eigenvalue weighted by Crippen LogP contribution is 2.12. The van der Waals surface area contributed by atoms with Gasteiger partial charge in [0.1, 0.15) is 0 Å². The van der Waals surface area contributed by atoms with Crippen molar-refractivity contribution in [3.8, 4) is 0 Å². The van der Waals surface area contributed by atoms with Gasteiger partial charge in [-0.05, 0) is 37.2 Å². The molecule has 1 aliphatic heterocycles. The van der Waals surface area contributed by atoms with Crippen LogP contribution in [-0.4, -0.2) is 36.7 Å². The Bertz CT molecular complexity index is 242. The summed E-state index contributed by atoms with van der Waals surface area (Å²) in [6, 6.07) is 0. The van der Waals surface area contributed by atoms with E-state index in [0.29, 0.717) is 13.2 Å². The van der Waals surface area contributed by atoms with Crippen molar-refractivity contribution in [3.05, 3.63) is 0 Å². The SMILES string of the molecule is O=C1OCCCCCCSCCCCCCOC1=O. The number of carbonyl (C=O) groups excluding carboxylic acids is 2. The zero-order valence-electron chi connectivity index (χ0n) is 11.5. The maximum absolute atomic E-state index is 11.3. The third kappa shape index (κ3) is 8.92. The highest BCUT2D eigenvalue weighted by molar-refractivity contribution is 7.99. The molecule has 0 aliphatic carbocycles. The molecule has 0 aromatic carbocycles. The zero-order valence-corrected chi connectivity index (χ0v) is 12.3. The summed E-state index contributed by atoms with van der Waals surface area (Å²) in [4.78, 5) is 22.5. The van der Waals surface area contributed by atoms with Gasteiger partial charge in [-0.3, -0.25) is 0 Å². The van der Waals surface area contributed by atoms with E-state index in [-0.39, 0.29) is 0 Å². The van der Waals surface area contributed by atoms with Crippen molar-refractivity contribution >= 4 is 23.7 Å². The lowest BCUT2D eigenvalue weighted by Crippen LogP contribution is -2.21. The van der Waals surface area contributed by atoms with Crippen molar-refractivity contribution in [2.24, 2.45) is 0 Å². The Kier molecular flexibility index (Phi) is 9.59. The molecular formula is C14H24O4S. The Balaban J connectivity index is 2.23. The second-order valence-corrected chi connectivity index (χ2v) is 5.94. The maximum Gasteiger partial charge on any atom is 0.417 e. The van der Waals surface area contributed by atoms with Crippen LogP contribution in [0.4, 0.5) is 0 Å². The van der Waals surface area contributed by atoms with Crippen LogP contribution in [-0.2, 0) is 19.1 Å². The number of cyclic esters (lactones) is 2.